The van der Waals surface area contributed by atoms with Crippen LogP contribution >= 0.6 is 23.2 Å². The highest BCUT2D eigenvalue weighted by Gasteiger charge is 2.17. The molecule has 0 saturated heterocycles. The Labute approximate surface area is 124 Å². The first-order valence-corrected chi connectivity index (χ1v) is 7.44. The molecular formula is C11H8Cl2N2O4S. The van der Waals surface area contributed by atoms with Gasteiger partial charge in [0.05, 0.1) is 11.2 Å². The van der Waals surface area contributed by atoms with Crippen molar-refractivity contribution in [3.05, 3.63) is 52.4 Å². The maximum Gasteiger partial charge on any atom is 0.301 e. The van der Waals surface area contributed by atoms with Crippen molar-refractivity contribution in [2.45, 2.75) is 4.90 Å². The van der Waals surface area contributed by atoms with Crippen molar-refractivity contribution in [3.63, 3.8) is 0 Å². The van der Waals surface area contributed by atoms with Crippen LogP contribution in [0.15, 0.2) is 45.9 Å². The Morgan fingerprint density at radius 3 is 2.35 bits per heavy atom. The number of amides is 1. The Balaban J connectivity index is 2.13. The summed E-state index contributed by atoms with van der Waals surface area (Å²) in [4.78, 5) is 13.3. The summed E-state index contributed by atoms with van der Waals surface area (Å²) in [5.74, 6) is -0.761. The van der Waals surface area contributed by atoms with Crippen LogP contribution in [0, 0.1) is 0 Å². The molecule has 6 nitrogen and oxygen atoms in total. The number of hydrogen-bond acceptors (Lipinski definition) is 4. The topological polar surface area (TPSA) is 88.4 Å². The lowest BCUT2D eigenvalue weighted by Crippen LogP contribution is -2.41. The predicted octanol–water partition coefficient (Wildman–Crippen LogP) is 2.21. The van der Waals surface area contributed by atoms with E-state index in [0.29, 0.717) is 0 Å². The molecule has 0 saturated carbocycles. The highest BCUT2D eigenvalue weighted by molar-refractivity contribution is 7.89. The Hall–Kier alpha value is -1.54. The lowest BCUT2D eigenvalue weighted by molar-refractivity contribution is 0.0917. The number of furan rings is 1. The van der Waals surface area contributed by atoms with Crippen molar-refractivity contribution in [3.8, 4) is 0 Å². The van der Waals surface area contributed by atoms with Crippen molar-refractivity contribution >= 4 is 39.1 Å². The Morgan fingerprint density at radius 1 is 1.15 bits per heavy atom. The van der Waals surface area contributed by atoms with Gasteiger partial charge in [-0.3, -0.25) is 10.2 Å². The van der Waals surface area contributed by atoms with E-state index < -0.39 is 15.9 Å². The van der Waals surface area contributed by atoms with Gasteiger partial charge in [0.25, 0.3) is 10.0 Å². The first kappa shape index (κ1) is 14.9. The summed E-state index contributed by atoms with van der Waals surface area (Å²) in [7, 11) is -3.98. The molecule has 20 heavy (non-hydrogen) atoms. The fraction of sp³-hybridized carbons (Fsp3) is 0. The molecule has 2 rings (SSSR count). The first-order chi connectivity index (χ1) is 9.38. The van der Waals surface area contributed by atoms with Gasteiger partial charge < -0.3 is 4.42 Å². The molecule has 2 N–H and O–H groups in total. The zero-order valence-electron chi connectivity index (χ0n) is 9.76. The number of hydrogen-bond donors (Lipinski definition) is 2. The van der Waals surface area contributed by atoms with Gasteiger partial charge >= 0.3 is 5.91 Å². The minimum Gasteiger partial charge on any atom is -0.459 e. The molecule has 106 valence electrons. The third-order valence-electron chi connectivity index (χ3n) is 2.19. The highest BCUT2D eigenvalue weighted by atomic mass is 35.5. The van der Waals surface area contributed by atoms with Gasteiger partial charge in [0.15, 0.2) is 5.76 Å². The van der Waals surface area contributed by atoms with Crippen molar-refractivity contribution in [1.82, 2.24) is 10.3 Å². The fourth-order valence-corrected chi connectivity index (χ4v) is 2.89. The van der Waals surface area contributed by atoms with Crippen LogP contribution in [0.25, 0.3) is 0 Å². The molecule has 1 aromatic carbocycles. The van der Waals surface area contributed by atoms with E-state index in [0.717, 1.165) is 0 Å². The zero-order chi connectivity index (χ0) is 14.8. The van der Waals surface area contributed by atoms with Gasteiger partial charge in [-0.05, 0) is 30.3 Å². The maximum absolute atomic E-state index is 11.9. The van der Waals surface area contributed by atoms with E-state index in [9.17, 15) is 13.2 Å². The molecule has 1 heterocycles. The van der Waals surface area contributed by atoms with Gasteiger partial charge in [-0.2, -0.15) is 0 Å². The summed E-state index contributed by atoms with van der Waals surface area (Å²) < 4.78 is 28.7. The van der Waals surface area contributed by atoms with Gasteiger partial charge in [-0.25, -0.2) is 8.42 Å². The minimum absolute atomic E-state index is 0.0307. The predicted molar refractivity (Wildman–Crippen MR) is 73.0 cm³/mol. The lowest BCUT2D eigenvalue weighted by Gasteiger charge is -2.08. The molecule has 0 unspecified atom stereocenters. The fourth-order valence-electron chi connectivity index (χ4n) is 1.33. The molecule has 1 aromatic heterocycles. The normalized spacial score (nSPS) is 11.3. The monoisotopic (exact) mass is 334 g/mol. The minimum atomic E-state index is -3.98. The van der Waals surface area contributed by atoms with Gasteiger partial charge in [0, 0.05) is 10.0 Å². The molecule has 1 amide bonds. The van der Waals surface area contributed by atoms with Gasteiger partial charge in [-0.1, -0.05) is 23.2 Å². The lowest BCUT2D eigenvalue weighted by atomic mass is 10.4. The molecule has 0 bridgehead atoms. The van der Waals surface area contributed by atoms with E-state index in [2.05, 4.69) is 0 Å². The van der Waals surface area contributed by atoms with Crippen molar-refractivity contribution in [1.29, 1.82) is 0 Å². The molecular weight excluding hydrogens is 327 g/mol. The van der Waals surface area contributed by atoms with Crippen molar-refractivity contribution in [2.24, 2.45) is 0 Å². The number of hydrazine groups is 1. The summed E-state index contributed by atoms with van der Waals surface area (Å²) >= 11 is 11.4. The molecule has 2 aromatic rings. The Morgan fingerprint density at radius 2 is 1.80 bits per heavy atom. The number of nitrogens with one attached hydrogen (secondary N) is 2. The van der Waals surface area contributed by atoms with Gasteiger partial charge in [0.1, 0.15) is 0 Å². The second kappa shape index (κ2) is 5.84. The maximum atomic E-state index is 11.9. The van der Waals surface area contributed by atoms with E-state index in [1.807, 2.05) is 10.3 Å². The van der Waals surface area contributed by atoms with Crippen molar-refractivity contribution < 1.29 is 17.6 Å². The third-order valence-corrected chi connectivity index (χ3v) is 3.85. The third kappa shape index (κ3) is 3.51. The van der Waals surface area contributed by atoms with Gasteiger partial charge in [0.2, 0.25) is 0 Å². The SMILES string of the molecule is O=C(NNS(=O)(=O)c1cc(Cl)cc(Cl)c1)c1ccco1. The van der Waals surface area contributed by atoms with Gasteiger partial charge in [-0.15, -0.1) is 4.83 Å². The quantitative estimate of drug-likeness (QED) is 0.839. The summed E-state index contributed by atoms with van der Waals surface area (Å²) in [5.41, 5.74) is 2.01. The average molecular weight is 335 g/mol. The van der Waals surface area contributed by atoms with Crippen LogP contribution in [-0.4, -0.2) is 14.3 Å². The largest absolute Gasteiger partial charge is 0.459 e. The summed E-state index contributed by atoms with van der Waals surface area (Å²) in [5, 5.41) is 0.325. The highest BCUT2D eigenvalue weighted by Crippen LogP contribution is 2.21. The molecule has 0 spiro atoms. The van der Waals surface area contributed by atoms with Crippen LogP contribution in [0.1, 0.15) is 10.6 Å². The second-order valence-electron chi connectivity index (χ2n) is 3.64. The molecule has 0 fully saturated rings. The second-order valence-corrected chi connectivity index (χ2v) is 6.20. The number of halogens is 2. The van der Waals surface area contributed by atoms with Crippen molar-refractivity contribution in [2.75, 3.05) is 0 Å². The number of benzene rings is 1. The molecule has 0 atom stereocenters. The van der Waals surface area contributed by atoms with E-state index in [1.54, 1.807) is 0 Å². The van der Waals surface area contributed by atoms with Crippen LogP contribution < -0.4 is 10.3 Å². The number of rotatable bonds is 4. The molecule has 0 radical (unpaired) electrons. The first-order valence-electron chi connectivity index (χ1n) is 5.20. The molecule has 0 aliphatic rings. The van der Waals surface area contributed by atoms with Crippen LogP contribution in [0.4, 0.5) is 0 Å². The van der Waals surface area contributed by atoms with Crippen LogP contribution in [0.2, 0.25) is 10.0 Å². The molecule has 0 aliphatic carbocycles. The number of sulfonamides is 1. The molecule has 0 aliphatic heterocycles. The zero-order valence-corrected chi connectivity index (χ0v) is 12.1. The summed E-state index contributed by atoms with van der Waals surface area (Å²) in [6.45, 7) is 0. The smallest absolute Gasteiger partial charge is 0.301 e. The number of carbonyl (C=O) groups excluding carboxylic acids is 1. The standard InChI is InChI=1S/C11H8Cl2N2O4S/c12-7-4-8(13)6-9(5-7)20(17,18)15-14-11(16)10-2-1-3-19-10/h1-6,15H,(H,14,16). The van der Waals surface area contributed by atoms with Crippen LogP contribution in [0.3, 0.4) is 0 Å². The van der Waals surface area contributed by atoms with E-state index in [4.69, 9.17) is 27.6 Å². The Kier molecular flexibility index (Phi) is 4.34. The van der Waals surface area contributed by atoms with E-state index in [-0.39, 0.29) is 20.7 Å². The van der Waals surface area contributed by atoms with Crippen LogP contribution in [0.5, 0.6) is 0 Å². The summed E-state index contributed by atoms with van der Waals surface area (Å²) in [6, 6.07) is 6.69. The van der Waals surface area contributed by atoms with E-state index >= 15 is 0 Å². The van der Waals surface area contributed by atoms with Crippen LogP contribution in [-0.2, 0) is 10.0 Å². The molecule has 9 heteroatoms. The summed E-state index contributed by atoms with van der Waals surface area (Å²) in [6.07, 6.45) is 1.29. The average Bonchev–Trinajstić information content (AvgIpc) is 2.88. The van der Waals surface area contributed by atoms with E-state index in [1.165, 1.54) is 36.6 Å². The Bertz CT molecular complexity index is 709. The number of carbonyl (C=O) groups is 1.